The Morgan fingerprint density at radius 1 is 0.826 bits per heavy atom. The van der Waals surface area contributed by atoms with Crippen LogP contribution in [-0.4, -0.2) is 209 Å². The molecule has 1 aromatic rings. The number of fused-ring (bicyclic) bond motifs is 4. The van der Waals surface area contributed by atoms with Crippen LogP contribution in [0.1, 0.15) is 150 Å². The monoisotopic (exact) mass is 1210 g/mol. The lowest BCUT2D eigenvalue weighted by Crippen LogP contribution is -2.60. The van der Waals surface area contributed by atoms with Crippen LogP contribution in [0.15, 0.2) is 46.8 Å². The van der Waals surface area contributed by atoms with Crippen LogP contribution in [0.25, 0.3) is 0 Å². The molecule has 6 heterocycles. The molecule has 7 rings (SSSR count). The predicted molar refractivity (Wildman–Crippen MR) is 325 cm³/mol. The molecule has 1 aliphatic carbocycles. The molecule has 21 nitrogen and oxygen atoms in total. The van der Waals surface area contributed by atoms with E-state index in [1.165, 1.54) is 12.0 Å². The molecule has 0 spiro atoms. The van der Waals surface area contributed by atoms with Gasteiger partial charge in [-0.1, -0.05) is 64.1 Å². The van der Waals surface area contributed by atoms with E-state index in [1.54, 1.807) is 39.0 Å². The Kier molecular flexibility index (Phi) is 25.7. The van der Waals surface area contributed by atoms with E-state index in [0.29, 0.717) is 95.0 Å². The number of oxime groups is 1. The minimum absolute atomic E-state index is 0.0108. The summed E-state index contributed by atoms with van der Waals surface area (Å²) in [7, 11) is 6.79. The number of ketones is 1. The molecule has 1 unspecified atom stereocenters. The molecular formula is C65H103N7O14. The second-order valence-corrected chi connectivity index (χ2v) is 26.0. The first-order valence-electron chi connectivity index (χ1n) is 31.9. The van der Waals surface area contributed by atoms with Gasteiger partial charge in [0.15, 0.2) is 6.61 Å². The number of aliphatic hydroxyl groups is 4. The first-order valence-corrected chi connectivity index (χ1v) is 31.9. The Morgan fingerprint density at radius 3 is 2.30 bits per heavy atom. The van der Waals surface area contributed by atoms with E-state index in [-0.39, 0.29) is 61.7 Å². The number of amides is 2. The number of allylic oxidation sites excluding steroid dienone is 3. The number of piperazine rings is 1. The highest BCUT2D eigenvalue weighted by Crippen LogP contribution is 2.38. The lowest BCUT2D eigenvalue weighted by Gasteiger charge is -2.42. The Bertz CT molecular complexity index is 2540. The van der Waals surface area contributed by atoms with Gasteiger partial charge in [-0.05, 0) is 127 Å². The van der Waals surface area contributed by atoms with Gasteiger partial charge in [0.25, 0.3) is 17.6 Å². The molecule has 0 radical (unpaired) electrons. The van der Waals surface area contributed by atoms with E-state index >= 15 is 0 Å². The number of anilines is 1. The number of hydrogen-bond donors (Lipinski definition) is 4. The lowest BCUT2D eigenvalue weighted by atomic mass is 9.81. The van der Waals surface area contributed by atoms with Gasteiger partial charge in [0.2, 0.25) is 11.7 Å². The number of piperidine rings is 1. The van der Waals surface area contributed by atoms with Gasteiger partial charge in [-0.15, -0.1) is 0 Å². The van der Waals surface area contributed by atoms with Crippen molar-refractivity contribution >= 4 is 35.2 Å². The average Bonchev–Trinajstić information content (AvgIpc) is 0.986. The number of rotatable bonds is 10. The molecule has 482 valence electrons. The fourth-order valence-corrected chi connectivity index (χ4v) is 13.4. The third-order valence-electron chi connectivity index (χ3n) is 19.7. The Labute approximate surface area is 510 Å². The largest absolute Gasteiger partial charge is 0.461 e. The van der Waals surface area contributed by atoms with Crippen molar-refractivity contribution in [3.05, 3.63) is 52.9 Å². The number of Topliss-reactive ketones (excluding diaryl/α,β-unsaturated/α-hetero) is 1. The first kappa shape index (κ1) is 68.8. The number of methoxy groups -OCH3 is 3. The molecule has 21 heteroatoms. The van der Waals surface area contributed by atoms with Crippen molar-refractivity contribution < 1.29 is 68.1 Å². The topological polar surface area (TPSA) is 256 Å². The number of hydrogen-bond acceptors (Lipinski definition) is 19. The molecule has 4 N–H and O–H groups in total. The number of aliphatic hydroxyl groups excluding tert-OH is 3. The number of aromatic nitrogens is 2. The number of nitrogens with zero attached hydrogens (tertiary/aromatic N) is 7. The summed E-state index contributed by atoms with van der Waals surface area (Å²) in [6.45, 7) is 17.8. The smallest absolute Gasteiger partial charge is 0.329 e. The van der Waals surface area contributed by atoms with Crippen LogP contribution >= 0.6 is 0 Å². The molecule has 16 atom stereocenters. The van der Waals surface area contributed by atoms with E-state index in [0.717, 1.165) is 61.8 Å². The van der Waals surface area contributed by atoms with Gasteiger partial charge in [0.1, 0.15) is 24.4 Å². The van der Waals surface area contributed by atoms with E-state index in [2.05, 4.69) is 46.9 Å². The molecule has 2 bridgehead atoms. The lowest BCUT2D eigenvalue weighted by molar-refractivity contribution is -0.265. The summed E-state index contributed by atoms with van der Waals surface area (Å²) in [6.07, 6.45) is 11.0. The number of carbonyl (C=O) groups is 4. The molecule has 6 aliphatic rings. The zero-order chi connectivity index (χ0) is 62.4. The van der Waals surface area contributed by atoms with Crippen LogP contribution in [0, 0.1) is 35.5 Å². The van der Waals surface area contributed by atoms with Crippen molar-refractivity contribution in [2.75, 3.05) is 79.2 Å². The molecule has 3 saturated heterocycles. The van der Waals surface area contributed by atoms with Gasteiger partial charge in [0.05, 0.1) is 41.9 Å². The number of ether oxygens (including phenoxy) is 5. The van der Waals surface area contributed by atoms with E-state index in [9.17, 15) is 39.6 Å². The molecule has 5 aliphatic heterocycles. The van der Waals surface area contributed by atoms with Gasteiger partial charge in [-0.25, -0.2) is 14.8 Å². The Balaban J connectivity index is 1.15. The van der Waals surface area contributed by atoms with Crippen molar-refractivity contribution in [1.29, 1.82) is 0 Å². The maximum Gasteiger partial charge on any atom is 0.329 e. The number of likely N-dealkylation sites (N-methyl/N-ethyl adjacent to an activating group) is 1. The molecule has 2 amide bonds. The van der Waals surface area contributed by atoms with E-state index in [1.807, 2.05) is 39.1 Å². The quantitative estimate of drug-likeness (QED) is 0.0890. The maximum atomic E-state index is 14.6. The molecule has 0 aromatic carbocycles. The summed E-state index contributed by atoms with van der Waals surface area (Å²) in [5, 5.41) is 51.7. The van der Waals surface area contributed by atoms with Crippen molar-refractivity contribution in [2.45, 2.75) is 212 Å². The van der Waals surface area contributed by atoms with Crippen LogP contribution in [0.4, 0.5) is 5.95 Å². The van der Waals surface area contributed by atoms with E-state index < -0.39 is 84.1 Å². The molecular weight excluding hydrogens is 1100 g/mol. The second-order valence-electron chi connectivity index (χ2n) is 26.0. The SMILES string of the molecule is CO[C@H]1C[C@@H]2CC[C@@H](C)[C@@](O)(O2)C(=O)C(=O)N2CCCC[C@H]2C(=O)O[C@H](CC[C@@H]2CC[C@@H](O)[C@H](OC)C2)C[C@@H](O)[C@H](C)/C=C(\C)[C@@H](O)[C@@H](OC)/C(=N/OCC(=O)N2CCc3nc(N4CCN(C)CC4)ncc3C2)[C@H](C)C[C@H](C)C(C)CC=CC=C1C. The summed E-state index contributed by atoms with van der Waals surface area (Å²) in [4.78, 5) is 80.2. The van der Waals surface area contributed by atoms with Crippen LogP contribution < -0.4 is 4.90 Å². The summed E-state index contributed by atoms with van der Waals surface area (Å²) < 4.78 is 30.3. The Morgan fingerprint density at radius 2 is 1.58 bits per heavy atom. The third-order valence-corrected chi connectivity index (χ3v) is 19.7. The first-order chi connectivity index (χ1) is 41.0. The van der Waals surface area contributed by atoms with Crippen LogP contribution in [0.3, 0.4) is 0 Å². The maximum absolute atomic E-state index is 14.6. The molecule has 4 fully saturated rings. The van der Waals surface area contributed by atoms with Crippen molar-refractivity contribution in [3.8, 4) is 0 Å². The number of carbonyl (C=O) groups excluding carboxylic acids is 4. The fourth-order valence-electron chi connectivity index (χ4n) is 13.4. The van der Waals surface area contributed by atoms with Crippen LogP contribution in [0.5, 0.6) is 0 Å². The van der Waals surface area contributed by atoms with Crippen molar-refractivity contribution in [1.82, 2.24) is 24.7 Å². The highest BCUT2D eigenvalue weighted by Gasteiger charge is 2.53. The van der Waals surface area contributed by atoms with Crippen LogP contribution in [0.2, 0.25) is 0 Å². The fraction of sp³-hybridized carbons (Fsp3) is 0.769. The van der Waals surface area contributed by atoms with Gasteiger partial charge >= 0.3 is 5.97 Å². The molecule has 1 aromatic heterocycles. The summed E-state index contributed by atoms with van der Waals surface area (Å²) in [5.41, 5.74) is 3.66. The van der Waals surface area contributed by atoms with E-state index in [4.69, 9.17) is 33.5 Å². The molecule has 1 saturated carbocycles. The highest BCUT2D eigenvalue weighted by atomic mass is 16.6. The predicted octanol–water partition coefficient (Wildman–Crippen LogP) is 6.13. The summed E-state index contributed by atoms with van der Waals surface area (Å²) in [6, 6.07) is -1.12. The summed E-state index contributed by atoms with van der Waals surface area (Å²) in [5.74, 6) is -5.88. The Hall–Kier alpha value is -4.71. The van der Waals surface area contributed by atoms with Gasteiger partial charge in [-0.3, -0.25) is 14.4 Å². The standard InChI is InChI=1S/C65H103N7O14/c1-40-16-12-13-17-41(2)55(81-9)36-50-22-19-46(7)65(80,86-50)61(77)62(78)72-26-15-14-18-52(72)63(79)85-49(23-20-47-21-24-53(73)56(34-47)82-10)35-54(74)43(4)33-45(6)59(76)60(83-11)58(44(5)32-42(40)3)68-84-39-57(75)71-27-25-51-48(38-71)37-66-64(67-51)70-30-28-69(8)29-31-70/h12-13,17,33,37,40,42-44,46-47,49-50,52-56,59-60,73-74,76,80H,14-16,18-32,34-36,38-39H2,1-11H3/b13-12?,41-17?,45-33+,68-58+/t40?,42-,43+,44+,46+,47+,49+,50-,52-,53+,54+,55-,56+,59+,60-,65+/m0/s1. The molecule has 86 heavy (non-hydrogen) atoms. The van der Waals surface area contributed by atoms with Crippen LogP contribution in [-0.2, 0) is 60.7 Å². The van der Waals surface area contributed by atoms with Crippen molar-refractivity contribution in [3.63, 3.8) is 0 Å². The van der Waals surface area contributed by atoms with Gasteiger partial charge < -0.3 is 68.5 Å². The van der Waals surface area contributed by atoms with Crippen molar-refractivity contribution in [2.24, 2.45) is 40.7 Å². The minimum Gasteiger partial charge on any atom is -0.461 e. The summed E-state index contributed by atoms with van der Waals surface area (Å²) >= 11 is 0. The average molecular weight is 1210 g/mol. The zero-order valence-electron chi connectivity index (χ0n) is 53.3. The van der Waals surface area contributed by atoms with Gasteiger partial charge in [0, 0.05) is 116 Å². The minimum atomic E-state index is -2.43. The zero-order valence-corrected chi connectivity index (χ0v) is 53.3. The highest BCUT2D eigenvalue weighted by molar-refractivity contribution is 6.39. The number of cyclic esters (lactones) is 1. The normalized spacial score (nSPS) is 36.1. The van der Waals surface area contributed by atoms with Gasteiger partial charge in [-0.2, -0.15) is 0 Å². The second kappa shape index (κ2) is 32.2. The number of esters is 1. The third kappa shape index (κ3) is 17.8.